The molecule has 0 aliphatic carbocycles. The highest BCUT2D eigenvalue weighted by Crippen LogP contribution is 2.26. The van der Waals surface area contributed by atoms with E-state index >= 15 is 0 Å². The van der Waals surface area contributed by atoms with E-state index in [2.05, 4.69) is 53.3 Å². The molecule has 2 heterocycles. The molecular formula is C20H22N2OS2. The number of amides is 1. The molecule has 0 aliphatic heterocycles. The Kier molecular flexibility index (Phi) is 6.02. The first kappa shape index (κ1) is 17.9. The molecule has 0 unspecified atom stereocenters. The minimum atomic E-state index is 0.00886. The second-order valence-corrected chi connectivity index (χ2v) is 8.00. The number of hydrogen-bond acceptors (Lipinski definition) is 4. The Morgan fingerprint density at radius 1 is 1.00 bits per heavy atom. The zero-order chi connectivity index (χ0) is 17.6. The maximum Gasteiger partial charge on any atom is 0.234 e. The van der Waals surface area contributed by atoms with E-state index in [1.54, 1.807) is 22.7 Å². The molecule has 0 spiro atoms. The monoisotopic (exact) mass is 370 g/mol. The van der Waals surface area contributed by atoms with Gasteiger partial charge in [0.2, 0.25) is 5.91 Å². The maximum atomic E-state index is 12.3. The van der Waals surface area contributed by atoms with Gasteiger partial charge in [-0.25, -0.2) is 0 Å². The van der Waals surface area contributed by atoms with Gasteiger partial charge in [0.1, 0.15) is 0 Å². The van der Waals surface area contributed by atoms with Crippen LogP contribution in [0.1, 0.15) is 39.9 Å². The van der Waals surface area contributed by atoms with Crippen LogP contribution >= 0.6 is 22.7 Å². The summed E-state index contributed by atoms with van der Waals surface area (Å²) >= 11 is 3.36. The Morgan fingerprint density at radius 3 is 2.24 bits per heavy atom. The van der Waals surface area contributed by atoms with Crippen LogP contribution in [0.4, 0.5) is 0 Å². The molecule has 130 valence electrons. The van der Waals surface area contributed by atoms with Gasteiger partial charge in [0.25, 0.3) is 0 Å². The predicted molar refractivity (Wildman–Crippen MR) is 106 cm³/mol. The van der Waals surface area contributed by atoms with Crippen LogP contribution in [0, 0.1) is 6.92 Å². The smallest absolute Gasteiger partial charge is 0.234 e. The number of rotatable bonds is 7. The Labute approximate surface area is 156 Å². The maximum absolute atomic E-state index is 12.3. The van der Waals surface area contributed by atoms with Gasteiger partial charge in [0, 0.05) is 9.75 Å². The molecule has 0 bridgehead atoms. The molecule has 1 amide bonds. The summed E-state index contributed by atoms with van der Waals surface area (Å²) in [6.07, 6.45) is 0. The van der Waals surface area contributed by atoms with Crippen molar-refractivity contribution in [2.24, 2.45) is 0 Å². The van der Waals surface area contributed by atoms with Crippen LogP contribution in [0.3, 0.4) is 0 Å². The molecular weight excluding hydrogens is 348 g/mol. The molecule has 3 aromatic rings. The highest BCUT2D eigenvalue weighted by molar-refractivity contribution is 7.10. The summed E-state index contributed by atoms with van der Waals surface area (Å²) < 4.78 is 0. The predicted octanol–water partition coefficient (Wildman–Crippen LogP) is 4.67. The Balaban J connectivity index is 1.64. The Hall–Kier alpha value is -1.95. The van der Waals surface area contributed by atoms with Gasteiger partial charge in [-0.2, -0.15) is 0 Å². The highest BCUT2D eigenvalue weighted by atomic mass is 32.1. The number of aryl methyl sites for hydroxylation is 1. The van der Waals surface area contributed by atoms with Gasteiger partial charge in [0.15, 0.2) is 0 Å². The molecule has 25 heavy (non-hydrogen) atoms. The van der Waals surface area contributed by atoms with E-state index in [9.17, 15) is 4.79 Å². The Morgan fingerprint density at radius 2 is 1.64 bits per heavy atom. The molecule has 2 atom stereocenters. The quantitative estimate of drug-likeness (QED) is 0.634. The molecule has 2 aromatic heterocycles. The summed E-state index contributed by atoms with van der Waals surface area (Å²) in [4.78, 5) is 14.7. The summed E-state index contributed by atoms with van der Waals surface area (Å²) in [5, 5.41) is 10.6. The summed E-state index contributed by atoms with van der Waals surface area (Å²) in [6, 6.07) is 16.7. The van der Waals surface area contributed by atoms with Crippen LogP contribution < -0.4 is 10.6 Å². The van der Waals surface area contributed by atoms with Crippen molar-refractivity contribution >= 4 is 28.6 Å². The van der Waals surface area contributed by atoms with Gasteiger partial charge < -0.3 is 5.32 Å². The van der Waals surface area contributed by atoms with Gasteiger partial charge in [0.05, 0.1) is 18.6 Å². The van der Waals surface area contributed by atoms with Crippen LogP contribution in [0.25, 0.3) is 0 Å². The van der Waals surface area contributed by atoms with Gasteiger partial charge in [-0.15, -0.1) is 22.7 Å². The molecule has 5 heteroatoms. The molecule has 0 saturated carbocycles. The second-order valence-electron chi connectivity index (χ2n) is 6.04. The first-order valence-corrected chi connectivity index (χ1v) is 10.1. The van der Waals surface area contributed by atoms with Crippen molar-refractivity contribution in [3.63, 3.8) is 0 Å². The van der Waals surface area contributed by atoms with Crippen LogP contribution in [-0.2, 0) is 4.79 Å². The summed E-state index contributed by atoms with van der Waals surface area (Å²) in [5.74, 6) is 0.00886. The largest absolute Gasteiger partial charge is 0.348 e. The topological polar surface area (TPSA) is 41.1 Å². The first-order chi connectivity index (χ1) is 12.1. The molecule has 0 aliphatic rings. The zero-order valence-corrected chi connectivity index (χ0v) is 16.0. The molecule has 3 rings (SSSR count). The van der Waals surface area contributed by atoms with Gasteiger partial charge in [-0.3, -0.25) is 10.1 Å². The van der Waals surface area contributed by atoms with Crippen LogP contribution in [0.2, 0.25) is 0 Å². The standard InChI is InChI=1S/C20H22N2OS2/c1-14-7-9-16(10-8-14)20(18-6-4-12-25-18)21-13-19(23)22-15(2)17-5-3-11-24-17/h3-12,15,20-21H,13H2,1-2H3,(H,22,23)/t15-,20-/m0/s1. The average molecular weight is 371 g/mol. The van der Waals surface area contributed by atoms with Crippen molar-refractivity contribution in [1.29, 1.82) is 0 Å². The van der Waals surface area contributed by atoms with Crippen molar-refractivity contribution in [3.8, 4) is 0 Å². The molecule has 1 aromatic carbocycles. The third-order valence-corrected chi connectivity index (χ3v) is 6.04. The van der Waals surface area contributed by atoms with Gasteiger partial charge in [-0.05, 0) is 42.3 Å². The lowest BCUT2D eigenvalue weighted by Gasteiger charge is -2.19. The molecule has 0 fully saturated rings. The SMILES string of the molecule is Cc1ccc([C@H](NCC(=O)N[C@@H](C)c2cccs2)c2cccs2)cc1. The van der Waals surface area contributed by atoms with Crippen molar-refractivity contribution in [1.82, 2.24) is 10.6 Å². The summed E-state index contributed by atoms with van der Waals surface area (Å²) in [5.41, 5.74) is 2.41. The number of nitrogens with one attached hydrogen (secondary N) is 2. The lowest BCUT2D eigenvalue weighted by atomic mass is 10.0. The van der Waals surface area contributed by atoms with Crippen LogP contribution in [-0.4, -0.2) is 12.5 Å². The number of thiophene rings is 2. The summed E-state index contributed by atoms with van der Waals surface area (Å²) in [7, 11) is 0. The summed E-state index contributed by atoms with van der Waals surface area (Å²) in [6.45, 7) is 4.38. The van der Waals surface area contributed by atoms with Crippen molar-refractivity contribution in [3.05, 3.63) is 80.2 Å². The third kappa shape index (κ3) is 4.78. The molecule has 3 nitrogen and oxygen atoms in total. The molecule has 2 N–H and O–H groups in total. The second kappa shape index (κ2) is 8.43. The van der Waals surface area contributed by atoms with E-state index in [1.165, 1.54) is 20.9 Å². The number of carbonyl (C=O) groups excluding carboxylic acids is 1. The minimum Gasteiger partial charge on any atom is -0.348 e. The van der Waals surface area contributed by atoms with E-state index in [0.717, 1.165) is 0 Å². The van der Waals surface area contributed by atoms with Crippen LogP contribution in [0.5, 0.6) is 0 Å². The minimum absolute atomic E-state index is 0.00886. The lowest BCUT2D eigenvalue weighted by Crippen LogP contribution is -2.37. The zero-order valence-electron chi connectivity index (χ0n) is 14.4. The van der Waals surface area contributed by atoms with Crippen molar-refractivity contribution in [2.45, 2.75) is 25.9 Å². The number of hydrogen-bond donors (Lipinski definition) is 2. The highest BCUT2D eigenvalue weighted by Gasteiger charge is 2.17. The van der Waals surface area contributed by atoms with E-state index < -0.39 is 0 Å². The average Bonchev–Trinajstić information content (AvgIpc) is 3.30. The fraction of sp³-hybridized carbons (Fsp3) is 0.250. The molecule has 0 radical (unpaired) electrons. The van der Waals surface area contributed by atoms with Gasteiger partial charge in [-0.1, -0.05) is 42.0 Å². The third-order valence-electron chi connectivity index (χ3n) is 4.05. The number of carbonyl (C=O) groups is 1. The van der Waals surface area contributed by atoms with Crippen molar-refractivity contribution in [2.75, 3.05) is 6.54 Å². The van der Waals surface area contributed by atoms with E-state index in [-0.39, 0.29) is 24.5 Å². The fourth-order valence-electron chi connectivity index (χ4n) is 2.69. The van der Waals surface area contributed by atoms with Crippen molar-refractivity contribution < 1.29 is 4.79 Å². The van der Waals surface area contributed by atoms with E-state index in [0.29, 0.717) is 0 Å². The van der Waals surface area contributed by atoms with Crippen LogP contribution in [0.15, 0.2) is 59.3 Å². The lowest BCUT2D eigenvalue weighted by molar-refractivity contribution is -0.120. The first-order valence-electron chi connectivity index (χ1n) is 8.29. The van der Waals surface area contributed by atoms with E-state index in [4.69, 9.17) is 0 Å². The van der Waals surface area contributed by atoms with Gasteiger partial charge >= 0.3 is 0 Å². The fourth-order valence-corrected chi connectivity index (χ4v) is 4.25. The van der Waals surface area contributed by atoms with E-state index in [1.807, 2.05) is 30.5 Å². The normalized spacial score (nSPS) is 13.4. The number of benzene rings is 1. The Bertz CT molecular complexity index is 780. The molecule has 0 saturated heterocycles.